The smallest absolute Gasteiger partial charge is 0.277 e. The maximum absolute atomic E-state index is 12.1. The number of aryl methyl sites for hydroxylation is 1. The highest BCUT2D eigenvalue weighted by Gasteiger charge is 2.10. The summed E-state index contributed by atoms with van der Waals surface area (Å²) in [6.45, 7) is 0. The highest BCUT2D eigenvalue weighted by atomic mass is 16.5. The minimum Gasteiger partial charge on any atom is -0.439 e. The molecule has 0 unspecified atom stereocenters. The first kappa shape index (κ1) is 16.4. The van der Waals surface area contributed by atoms with E-state index in [1.54, 1.807) is 66.7 Å². The largest absolute Gasteiger partial charge is 0.439 e. The second-order valence-corrected chi connectivity index (χ2v) is 5.52. The molecule has 134 valence electrons. The molecule has 0 saturated carbocycles. The lowest BCUT2D eigenvalue weighted by Crippen LogP contribution is -2.12. The van der Waals surface area contributed by atoms with Crippen molar-refractivity contribution in [1.82, 2.24) is 34.7 Å². The van der Waals surface area contributed by atoms with E-state index < -0.39 is 0 Å². The van der Waals surface area contributed by atoms with Gasteiger partial charge in [0.25, 0.3) is 5.91 Å². The fourth-order valence-corrected chi connectivity index (χ4v) is 2.29. The molecule has 3 aromatic heterocycles. The number of amides is 1. The third-order valence-electron chi connectivity index (χ3n) is 3.54. The lowest BCUT2D eigenvalue weighted by atomic mass is 10.3. The molecular formula is C17H14N8O2. The normalized spacial score (nSPS) is 10.6. The van der Waals surface area contributed by atoms with Gasteiger partial charge in [0, 0.05) is 31.2 Å². The number of hydrogen-bond donors (Lipinski definition) is 1. The van der Waals surface area contributed by atoms with Gasteiger partial charge < -0.3 is 10.1 Å². The number of carbonyl (C=O) groups is 1. The Morgan fingerprint density at radius 3 is 2.74 bits per heavy atom. The zero-order valence-electron chi connectivity index (χ0n) is 14.2. The van der Waals surface area contributed by atoms with Crippen molar-refractivity contribution in [3.05, 3.63) is 67.0 Å². The Kier molecular flexibility index (Phi) is 4.27. The van der Waals surface area contributed by atoms with Gasteiger partial charge in [0.05, 0.1) is 6.20 Å². The highest BCUT2D eigenvalue weighted by molar-refractivity contribution is 6.02. The van der Waals surface area contributed by atoms with Gasteiger partial charge >= 0.3 is 0 Å². The van der Waals surface area contributed by atoms with Gasteiger partial charge in [0.1, 0.15) is 12.1 Å². The lowest BCUT2D eigenvalue weighted by molar-refractivity contribution is 0.102. The number of rotatable bonds is 5. The van der Waals surface area contributed by atoms with Crippen molar-refractivity contribution in [2.24, 2.45) is 7.05 Å². The van der Waals surface area contributed by atoms with Gasteiger partial charge in [-0.15, -0.1) is 5.10 Å². The Morgan fingerprint density at radius 1 is 1.19 bits per heavy atom. The molecule has 0 bridgehead atoms. The van der Waals surface area contributed by atoms with Gasteiger partial charge in [-0.25, -0.2) is 14.6 Å². The first-order valence-electron chi connectivity index (χ1n) is 7.95. The van der Waals surface area contributed by atoms with Crippen LogP contribution in [0.4, 0.5) is 5.69 Å². The molecule has 0 aliphatic rings. The van der Waals surface area contributed by atoms with Crippen LogP contribution in [-0.2, 0) is 7.05 Å². The van der Waals surface area contributed by atoms with Crippen molar-refractivity contribution < 1.29 is 9.53 Å². The highest BCUT2D eigenvalue weighted by Crippen LogP contribution is 2.22. The molecule has 0 fully saturated rings. The molecule has 1 N–H and O–H groups in total. The predicted octanol–water partition coefficient (Wildman–Crippen LogP) is 1.84. The van der Waals surface area contributed by atoms with Crippen LogP contribution in [0, 0.1) is 0 Å². The van der Waals surface area contributed by atoms with Crippen LogP contribution >= 0.6 is 0 Å². The van der Waals surface area contributed by atoms with Crippen molar-refractivity contribution in [3.8, 4) is 17.4 Å². The third kappa shape index (κ3) is 3.79. The Bertz CT molecular complexity index is 1060. The standard InChI is InChI=1S/C17H14N8O2/c1-24-10-14(22-23-24)17(26)21-12-3-5-13(6-4-12)27-16-9-15(18-11-19-16)25-8-2-7-20-25/h2-11H,1H3,(H,21,26). The van der Waals surface area contributed by atoms with Crippen LogP contribution in [0.3, 0.4) is 0 Å². The summed E-state index contributed by atoms with van der Waals surface area (Å²) in [5, 5.41) is 14.4. The molecule has 3 heterocycles. The van der Waals surface area contributed by atoms with Gasteiger partial charge in [-0.2, -0.15) is 5.10 Å². The van der Waals surface area contributed by atoms with E-state index in [0.717, 1.165) is 0 Å². The molecule has 0 radical (unpaired) electrons. The number of aromatic nitrogens is 7. The maximum atomic E-state index is 12.1. The van der Waals surface area contributed by atoms with E-state index in [1.807, 2.05) is 0 Å². The summed E-state index contributed by atoms with van der Waals surface area (Å²) in [4.78, 5) is 20.3. The third-order valence-corrected chi connectivity index (χ3v) is 3.54. The van der Waals surface area contributed by atoms with Crippen molar-refractivity contribution in [3.63, 3.8) is 0 Å². The summed E-state index contributed by atoms with van der Waals surface area (Å²) in [6, 6.07) is 10.4. The number of hydrogen-bond acceptors (Lipinski definition) is 7. The van der Waals surface area contributed by atoms with E-state index in [-0.39, 0.29) is 11.6 Å². The van der Waals surface area contributed by atoms with E-state index in [1.165, 1.54) is 11.0 Å². The monoisotopic (exact) mass is 362 g/mol. The first-order valence-corrected chi connectivity index (χ1v) is 7.95. The van der Waals surface area contributed by atoms with Crippen LogP contribution in [-0.4, -0.2) is 40.6 Å². The van der Waals surface area contributed by atoms with Gasteiger partial charge in [0.2, 0.25) is 5.88 Å². The zero-order valence-corrected chi connectivity index (χ0v) is 14.2. The van der Waals surface area contributed by atoms with Crippen molar-refractivity contribution in [2.75, 3.05) is 5.32 Å². The summed E-state index contributed by atoms with van der Waals surface area (Å²) in [5.74, 6) is 1.21. The molecule has 0 aliphatic heterocycles. The minimum atomic E-state index is -0.337. The van der Waals surface area contributed by atoms with Crippen LogP contribution in [0.25, 0.3) is 5.82 Å². The Labute approximate surface area is 153 Å². The zero-order chi connectivity index (χ0) is 18.6. The summed E-state index contributed by atoms with van der Waals surface area (Å²) >= 11 is 0. The summed E-state index contributed by atoms with van der Waals surface area (Å²) in [7, 11) is 1.70. The molecule has 0 atom stereocenters. The molecule has 0 saturated heterocycles. The van der Waals surface area contributed by atoms with Crippen molar-refractivity contribution in [2.45, 2.75) is 0 Å². The number of nitrogens with zero attached hydrogens (tertiary/aromatic N) is 7. The van der Waals surface area contributed by atoms with Crippen molar-refractivity contribution in [1.29, 1.82) is 0 Å². The Balaban J connectivity index is 1.44. The second-order valence-electron chi connectivity index (χ2n) is 5.52. The first-order chi connectivity index (χ1) is 13.2. The van der Waals surface area contributed by atoms with Crippen LogP contribution < -0.4 is 10.1 Å². The molecule has 4 rings (SSSR count). The van der Waals surface area contributed by atoms with Crippen LogP contribution in [0.15, 0.2) is 61.3 Å². The fraction of sp³-hybridized carbons (Fsp3) is 0.0588. The van der Waals surface area contributed by atoms with Gasteiger partial charge in [-0.05, 0) is 30.3 Å². The number of ether oxygens (including phenoxy) is 1. The number of benzene rings is 1. The molecule has 10 heteroatoms. The van der Waals surface area contributed by atoms with E-state index in [9.17, 15) is 4.79 Å². The number of carbonyl (C=O) groups excluding carboxylic acids is 1. The summed E-state index contributed by atoms with van der Waals surface area (Å²) in [5.41, 5.74) is 0.850. The van der Waals surface area contributed by atoms with E-state index in [4.69, 9.17) is 4.74 Å². The molecule has 1 amide bonds. The Morgan fingerprint density at radius 2 is 2.04 bits per heavy atom. The average molecular weight is 362 g/mol. The lowest BCUT2D eigenvalue weighted by Gasteiger charge is -2.07. The predicted molar refractivity (Wildman–Crippen MR) is 94.6 cm³/mol. The molecule has 27 heavy (non-hydrogen) atoms. The second kappa shape index (κ2) is 7.04. The minimum absolute atomic E-state index is 0.241. The summed E-state index contributed by atoms with van der Waals surface area (Å²) in [6.07, 6.45) is 6.39. The molecular weight excluding hydrogens is 348 g/mol. The van der Waals surface area contributed by atoms with Gasteiger partial charge in [-0.3, -0.25) is 9.48 Å². The van der Waals surface area contributed by atoms with Crippen molar-refractivity contribution >= 4 is 11.6 Å². The average Bonchev–Trinajstić information content (AvgIpc) is 3.35. The van der Waals surface area contributed by atoms with Crippen LogP contribution in [0.5, 0.6) is 11.6 Å². The molecule has 4 aromatic rings. The quantitative estimate of drug-likeness (QED) is 0.576. The topological polar surface area (TPSA) is 113 Å². The van der Waals surface area contributed by atoms with E-state index in [0.29, 0.717) is 23.1 Å². The van der Waals surface area contributed by atoms with Crippen LogP contribution in [0.1, 0.15) is 10.5 Å². The van der Waals surface area contributed by atoms with Crippen LogP contribution in [0.2, 0.25) is 0 Å². The van der Waals surface area contributed by atoms with Gasteiger partial charge in [-0.1, -0.05) is 5.21 Å². The van der Waals surface area contributed by atoms with E-state index in [2.05, 4.69) is 30.7 Å². The molecule has 0 spiro atoms. The fourth-order valence-electron chi connectivity index (χ4n) is 2.29. The SMILES string of the molecule is Cn1cc(C(=O)Nc2ccc(Oc3cc(-n4cccn4)ncn3)cc2)nn1. The number of anilines is 1. The molecule has 1 aromatic carbocycles. The summed E-state index contributed by atoms with van der Waals surface area (Å²) < 4.78 is 8.81. The molecule has 10 nitrogen and oxygen atoms in total. The molecule has 0 aliphatic carbocycles. The number of nitrogens with one attached hydrogen (secondary N) is 1. The maximum Gasteiger partial charge on any atom is 0.277 e. The van der Waals surface area contributed by atoms with Gasteiger partial charge in [0.15, 0.2) is 11.5 Å². The Hall–Kier alpha value is -4.08. The van der Waals surface area contributed by atoms with E-state index >= 15 is 0 Å².